The molecule has 2 fully saturated rings. The Balaban J connectivity index is 1.24. The van der Waals surface area contributed by atoms with Gasteiger partial charge in [0.05, 0.1) is 152 Å². The molecule has 0 aromatic rings. The highest BCUT2D eigenvalue weighted by atomic mass is 16.7. The number of hydrogen-bond acceptors (Lipinski definition) is 30. The van der Waals surface area contributed by atoms with Crippen molar-refractivity contribution in [3.63, 3.8) is 0 Å². The summed E-state index contributed by atoms with van der Waals surface area (Å²) in [6.45, 7) is 1.64. The van der Waals surface area contributed by atoms with Crippen LogP contribution in [0.4, 0.5) is 0 Å². The number of hydrogen-bond donors (Lipinski definition) is 15. The quantitative estimate of drug-likeness (QED) is 0.0252. The molecule has 33 heteroatoms. The second-order valence-corrected chi connectivity index (χ2v) is 18.8. The predicted molar refractivity (Wildman–Crippen MR) is 277 cm³/mol. The Morgan fingerprint density at radius 2 is 0.723 bits per heavy atom. The van der Waals surface area contributed by atoms with Crippen LogP contribution in [-0.2, 0) is 85.4 Å². The molecule has 15 atom stereocenters. The van der Waals surface area contributed by atoms with Crippen LogP contribution in [0.15, 0.2) is 11.8 Å². The first-order chi connectivity index (χ1) is 40.1. The Hall–Kier alpha value is -3.09. The first-order valence-electron chi connectivity index (χ1n) is 27.6. The molecule has 3 rings (SSSR count). The van der Waals surface area contributed by atoms with Gasteiger partial charge in [0.1, 0.15) is 79.5 Å². The predicted octanol–water partition coefficient (Wildman–Crippen LogP) is -8.76. The van der Waals surface area contributed by atoms with Gasteiger partial charge in [0.2, 0.25) is 24.0 Å². The summed E-state index contributed by atoms with van der Waals surface area (Å²) in [6.07, 6.45) is -18.5. The van der Waals surface area contributed by atoms with Gasteiger partial charge in [-0.15, -0.1) is 0 Å². The number of aliphatic hydroxyl groups is 12. The van der Waals surface area contributed by atoms with Gasteiger partial charge in [-0.2, -0.15) is 0 Å². The van der Waals surface area contributed by atoms with Crippen molar-refractivity contribution in [2.24, 2.45) is 5.92 Å². The molecule has 3 aliphatic rings. The van der Waals surface area contributed by atoms with Gasteiger partial charge in [0.15, 0.2) is 12.6 Å². The third kappa shape index (κ3) is 30.9. The van der Waals surface area contributed by atoms with Crippen LogP contribution in [-0.4, -0.2) is 343 Å². The zero-order valence-electron chi connectivity index (χ0n) is 46.7. The maximum atomic E-state index is 12.4. The zero-order valence-corrected chi connectivity index (χ0v) is 46.7. The molecule has 2 saturated heterocycles. The molecule has 0 aromatic carbocycles. The summed E-state index contributed by atoms with van der Waals surface area (Å²) in [4.78, 5) is 37.3. The minimum Gasteiger partial charge on any atom is -0.464 e. The van der Waals surface area contributed by atoms with Crippen LogP contribution in [0.5, 0.6) is 0 Å². The number of nitrogens with one attached hydrogen (secondary N) is 3. The normalized spacial score (nSPS) is 27.8. The summed E-state index contributed by atoms with van der Waals surface area (Å²) in [5.74, 6) is -1.23. The number of aliphatic hydroxyl groups excluding tert-OH is 12. The number of carbonyl (C=O) groups is 3. The Kier molecular flexibility index (Phi) is 40.4. The van der Waals surface area contributed by atoms with Gasteiger partial charge in [-0.3, -0.25) is 14.4 Å². The van der Waals surface area contributed by atoms with E-state index >= 15 is 0 Å². The van der Waals surface area contributed by atoms with Gasteiger partial charge in [-0.25, -0.2) is 0 Å². The Morgan fingerprint density at radius 1 is 0.398 bits per heavy atom. The molecule has 0 spiro atoms. The van der Waals surface area contributed by atoms with E-state index in [0.29, 0.717) is 0 Å². The smallest absolute Gasteiger partial charge is 0.228 e. The zero-order chi connectivity index (χ0) is 60.6. The lowest BCUT2D eigenvalue weighted by molar-refractivity contribution is -0.302. The molecule has 3 aliphatic heterocycles. The lowest BCUT2D eigenvalue weighted by Crippen LogP contribution is -2.59. The second-order valence-electron chi connectivity index (χ2n) is 18.8. The van der Waals surface area contributed by atoms with E-state index in [-0.39, 0.29) is 207 Å². The van der Waals surface area contributed by atoms with E-state index in [2.05, 4.69) is 16.0 Å². The fourth-order valence-corrected chi connectivity index (χ4v) is 7.62. The molecule has 3 amide bonds. The number of ether oxygens (including phenoxy) is 15. The van der Waals surface area contributed by atoms with Crippen molar-refractivity contribution in [3.8, 4) is 0 Å². The van der Waals surface area contributed by atoms with Gasteiger partial charge in [-0.1, -0.05) is 0 Å². The van der Waals surface area contributed by atoms with E-state index in [1.54, 1.807) is 0 Å². The lowest BCUT2D eigenvalue weighted by Gasteiger charge is -2.39. The molecule has 486 valence electrons. The maximum Gasteiger partial charge on any atom is 0.228 e. The molecule has 0 aromatic heterocycles. The molecule has 33 nitrogen and oxygen atoms in total. The highest BCUT2D eigenvalue weighted by Gasteiger charge is 2.45. The van der Waals surface area contributed by atoms with Crippen LogP contribution in [0.1, 0.15) is 19.3 Å². The fourth-order valence-electron chi connectivity index (χ4n) is 7.62. The molecule has 0 aliphatic carbocycles. The summed E-state index contributed by atoms with van der Waals surface area (Å²) in [7, 11) is 0. The molecular weight excluding hydrogens is 1120 g/mol. The summed E-state index contributed by atoms with van der Waals surface area (Å²) < 4.78 is 81.9. The average molecular weight is 1210 g/mol. The second kappa shape index (κ2) is 45.2. The molecule has 15 N–H and O–H groups in total. The van der Waals surface area contributed by atoms with Crippen LogP contribution < -0.4 is 16.0 Å². The van der Waals surface area contributed by atoms with E-state index < -0.39 is 106 Å². The molecule has 83 heavy (non-hydrogen) atoms. The highest BCUT2D eigenvalue weighted by molar-refractivity contribution is 5.76. The average Bonchev–Trinajstić information content (AvgIpc) is 3.80. The number of rotatable bonds is 48. The molecule has 9 unspecified atom stereocenters. The number of carbonyl (C=O) groups excluding carboxylic acids is 3. The van der Waals surface area contributed by atoms with Gasteiger partial charge in [-0.05, 0) is 6.08 Å². The maximum absolute atomic E-state index is 12.4. The van der Waals surface area contributed by atoms with Crippen molar-refractivity contribution in [1.29, 1.82) is 0 Å². The van der Waals surface area contributed by atoms with Gasteiger partial charge < -0.3 is 148 Å². The molecule has 0 radical (unpaired) electrons. The van der Waals surface area contributed by atoms with Gasteiger partial charge >= 0.3 is 0 Å². The van der Waals surface area contributed by atoms with Crippen molar-refractivity contribution in [2.45, 2.75) is 105 Å². The third-order valence-electron chi connectivity index (χ3n) is 12.3. The third-order valence-corrected chi connectivity index (χ3v) is 12.3. The Bertz CT molecular complexity index is 1640. The number of amides is 3. The van der Waals surface area contributed by atoms with E-state index in [1.807, 2.05) is 0 Å². The van der Waals surface area contributed by atoms with E-state index in [4.69, 9.17) is 71.1 Å². The van der Waals surface area contributed by atoms with Gasteiger partial charge in [0.25, 0.3) is 0 Å². The van der Waals surface area contributed by atoms with Crippen LogP contribution >= 0.6 is 0 Å². The van der Waals surface area contributed by atoms with Crippen LogP contribution in [0.25, 0.3) is 0 Å². The Labute approximate surface area is 480 Å². The lowest BCUT2D eigenvalue weighted by atomic mass is 9.99. The molecular formula is C50H91N3O30. The van der Waals surface area contributed by atoms with Crippen molar-refractivity contribution in [3.05, 3.63) is 11.8 Å². The highest BCUT2D eigenvalue weighted by Crippen LogP contribution is 2.24. The van der Waals surface area contributed by atoms with Crippen molar-refractivity contribution in [2.75, 3.05) is 178 Å². The van der Waals surface area contributed by atoms with Crippen molar-refractivity contribution >= 4 is 17.7 Å². The van der Waals surface area contributed by atoms with Gasteiger partial charge in [0, 0.05) is 44.8 Å². The largest absolute Gasteiger partial charge is 0.464 e. The summed E-state index contributed by atoms with van der Waals surface area (Å²) in [5.41, 5.74) is 0. The minimum atomic E-state index is -1.58. The first-order valence-corrected chi connectivity index (χ1v) is 27.6. The van der Waals surface area contributed by atoms with E-state index in [1.165, 1.54) is 0 Å². The van der Waals surface area contributed by atoms with Crippen LogP contribution in [0, 0.1) is 5.92 Å². The fraction of sp³-hybridized carbons (Fsp3) is 0.900. The summed E-state index contributed by atoms with van der Waals surface area (Å²) >= 11 is 0. The van der Waals surface area contributed by atoms with E-state index in [0.717, 1.165) is 6.08 Å². The molecule has 3 heterocycles. The van der Waals surface area contributed by atoms with E-state index in [9.17, 15) is 75.7 Å². The SMILES string of the molecule is O=C(CCOCC(COCCC(=O)NCCOCCOCCO[C@H]1OC(CO)[C@@H](O)C(O)C1O)COCCC(=O)NCCOCCOCCO[C@H]1OC(CO)=C[C@@H](O)C(O)C1O)NCCOCCOCCO[C@@H]1OC(CO)[C@@H](O)C(O)C1O. The topological polar surface area (TPSA) is 469 Å². The van der Waals surface area contributed by atoms with Crippen molar-refractivity contribution < 1.29 is 147 Å². The van der Waals surface area contributed by atoms with Crippen molar-refractivity contribution in [1.82, 2.24) is 16.0 Å². The Morgan fingerprint density at radius 3 is 1.07 bits per heavy atom. The monoisotopic (exact) mass is 1210 g/mol. The van der Waals surface area contributed by atoms with Crippen LogP contribution in [0.3, 0.4) is 0 Å². The summed E-state index contributed by atoms with van der Waals surface area (Å²) in [5, 5.41) is 126. The molecule has 0 saturated carbocycles. The molecule has 0 bridgehead atoms. The first kappa shape index (κ1) is 74.2. The minimum absolute atomic E-state index is 0.00996. The standard InChI is InChI=1S/C50H91N3O30/c54-26-33-25-34(57)40(61)45(66)48(81-33)78-22-19-72-16-13-69-10-4-51-37(58)1-7-75-29-32(30-76-8-2-38(59)52-5-11-70-14-17-73-20-23-79-49-46(67)43(64)41(62)35(27-55)82-49)31-77-9-3-39(60)53-6-12-71-15-18-74-21-24-80-50-47(68)44(65)42(63)36(28-56)83-50/h25,32,34-36,40-50,54-57,61-68H,1-24,26-31H2,(H,51,58)(H,52,59)(H,53,60)/t32?,34-,35?,36?,40?,41-,42-,43?,44?,45?,46?,47?,48+,49-,50+/m1/s1. The van der Waals surface area contributed by atoms with Crippen LogP contribution in [0.2, 0.25) is 0 Å². The summed E-state index contributed by atoms with van der Waals surface area (Å²) in [6, 6.07) is 0.